The number of thiazole rings is 1. The third-order valence-electron chi connectivity index (χ3n) is 6.68. The van der Waals surface area contributed by atoms with Gasteiger partial charge < -0.3 is 15.4 Å². The standard InChI is InChI=1S/C31H29N3O2S2/c1-30(2)18-21-25(28-32-22-15-9-11-17-24(22)37-28)29(38-26(21)31(3,4)34-30)33-27(35)20-14-8-10-16-23(20)36-19-12-6-5-7-13-19/h5-17,34H,18H2,1-4H3,(H,33,35). The summed E-state index contributed by atoms with van der Waals surface area (Å²) in [6.07, 6.45) is 0.844. The van der Waals surface area contributed by atoms with E-state index < -0.39 is 0 Å². The van der Waals surface area contributed by atoms with Gasteiger partial charge in [0.05, 0.1) is 15.8 Å². The molecule has 0 saturated carbocycles. The minimum absolute atomic E-state index is 0.0968. The number of thiophene rings is 1. The molecule has 192 valence electrons. The summed E-state index contributed by atoms with van der Waals surface area (Å²) in [7, 11) is 0. The highest BCUT2D eigenvalue weighted by Gasteiger charge is 2.41. The third-order valence-corrected chi connectivity index (χ3v) is 9.21. The first-order valence-electron chi connectivity index (χ1n) is 12.6. The quantitative estimate of drug-likeness (QED) is 0.236. The van der Waals surface area contributed by atoms with Gasteiger partial charge in [0.25, 0.3) is 5.91 Å². The van der Waals surface area contributed by atoms with Crippen molar-refractivity contribution in [3.8, 4) is 22.1 Å². The summed E-state index contributed by atoms with van der Waals surface area (Å²) in [5.41, 5.74) is 3.40. The molecule has 5 nitrogen and oxygen atoms in total. The minimum atomic E-state index is -0.246. The van der Waals surface area contributed by atoms with Crippen molar-refractivity contribution >= 4 is 43.8 Å². The fraction of sp³-hybridized carbons (Fsp3) is 0.226. The maximum absolute atomic E-state index is 13.8. The largest absolute Gasteiger partial charge is 0.457 e. The number of aromatic nitrogens is 1. The number of carbonyl (C=O) groups excluding carboxylic acids is 1. The molecule has 6 rings (SSSR count). The number of fused-ring (bicyclic) bond motifs is 2. The number of nitrogens with zero attached hydrogens (tertiary/aromatic N) is 1. The normalized spacial score (nSPS) is 15.7. The van der Waals surface area contributed by atoms with Crippen LogP contribution in [0.5, 0.6) is 11.5 Å². The highest BCUT2D eigenvalue weighted by molar-refractivity contribution is 7.23. The number of nitrogens with one attached hydrogen (secondary N) is 2. The molecule has 0 atom stereocenters. The molecule has 1 aliphatic rings. The zero-order chi connectivity index (χ0) is 26.5. The van der Waals surface area contributed by atoms with Crippen LogP contribution in [0.4, 0.5) is 5.00 Å². The van der Waals surface area contributed by atoms with Gasteiger partial charge in [-0.1, -0.05) is 42.5 Å². The Morgan fingerprint density at radius 3 is 2.42 bits per heavy atom. The molecular formula is C31H29N3O2S2. The van der Waals surface area contributed by atoms with Gasteiger partial charge in [-0.25, -0.2) is 4.98 Å². The van der Waals surface area contributed by atoms with Crippen LogP contribution in [0.2, 0.25) is 0 Å². The van der Waals surface area contributed by atoms with Gasteiger partial charge in [0.1, 0.15) is 21.5 Å². The molecule has 0 saturated heterocycles. The first-order chi connectivity index (χ1) is 18.2. The number of ether oxygens (including phenoxy) is 1. The summed E-state index contributed by atoms with van der Waals surface area (Å²) < 4.78 is 7.22. The SMILES string of the molecule is CC1(C)Cc2c(sc(NC(=O)c3ccccc3Oc3ccccc3)c2-c2nc3ccccc3s2)C(C)(C)N1. The smallest absolute Gasteiger partial charge is 0.260 e. The van der Waals surface area contributed by atoms with E-state index in [-0.39, 0.29) is 17.0 Å². The van der Waals surface area contributed by atoms with Crippen LogP contribution in [0.15, 0.2) is 78.9 Å². The van der Waals surface area contributed by atoms with E-state index in [4.69, 9.17) is 9.72 Å². The molecule has 1 amide bonds. The van der Waals surface area contributed by atoms with Crippen molar-refractivity contribution in [3.63, 3.8) is 0 Å². The van der Waals surface area contributed by atoms with Gasteiger partial charge >= 0.3 is 0 Å². The molecule has 5 aromatic rings. The lowest BCUT2D eigenvalue weighted by Crippen LogP contribution is -2.54. The van der Waals surface area contributed by atoms with Gasteiger partial charge in [-0.15, -0.1) is 22.7 Å². The van der Waals surface area contributed by atoms with Crippen LogP contribution in [0, 0.1) is 0 Å². The van der Waals surface area contributed by atoms with Crippen molar-refractivity contribution in [2.24, 2.45) is 0 Å². The van der Waals surface area contributed by atoms with Crippen molar-refractivity contribution in [1.29, 1.82) is 0 Å². The third kappa shape index (κ3) is 4.62. The highest BCUT2D eigenvalue weighted by atomic mass is 32.1. The number of anilines is 1. The summed E-state index contributed by atoms with van der Waals surface area (Å²) in [4.78, 5) is 20.0. The van der Waals surface area contributed by atoms with E-state index in [1.807, 2.05) is 66.7 Å². The van der Waals surface area contributed by atoms with Crippen LogP contribution >= 0.6 is 22.7 Å². The molecule has 3 heterocycles. The van der Waals surface area contributed by atoms with Crippen LogP contribution < -0.4 is 15.4 Å². The van der Waals surface area contributed by atoms with Crippen molar-refractivity contribution in [2.45, 2.75) is 45.2 Å². The van der Waals surface area contributed by atoms with E-state index in [1.54, 1.807) is 28.7 Å². The molecule has 7 heteroatoms. The number of benzene rings is 3. The molecule has 0 bridgehead atoms. The Morgan fingerprint density at radius 2 is 1.63 bits per heavy atom. The zero-order valence-corrected chi connectivity index (χ0v) is 23.4. The van der Waals surface area contributed by atoms with E-state index in [0.717, 1.165) is 32.2 Å². The molecule has 0 spiro atoms. The second-order valence-electron chi connectivity index (χ2n) is 10.8. The highest BCUT2D eigenvalue weighted by Crippen LogP contribution is 2.50. The number of hydrogen-bond donors (Lipinski definition) is 2. The molecule has 0 fully saturated rings. The zero-order valence-electron chi connectivity index (χ0n) is 21.8. The predicted molar refractivity (Wildman–Crippen MR) is 158 cm³/mol. The Morgan fingerprint density at radius 1 is 0.921 bits per heavy atom. The molecule has 0 aliphatic carbocycles. The van der Waals surface area contributed by atoms with E-state index >= 15 is 0 Å². The lowest BCUT2D eigenvalue weighted by atomic mass is 9.81. The Labute approximate surface area is 230 Å². The van der Waals surface area contributed by atoms with Gasteiger partial charge in [0, 0.05) is 21.5 Å². The monoisotopic (exact) mass is 539 g/mol. The van der Waals surface area contributed by atoms with Gasteiger partial charge in [-0.05, 0) is 76.1 Å². The summed E-state index contributed by atoms with van der Waals surface area (Å²) in [6.45, 7) is 8.87. The fourth-order valence-electron chi connectivity index (χ4n) is 5.35. The Hall–Kier alpha value is -3.52. The summed E-state index contributed by atoms with van der Waals surface area (Å²) in [5, 5.41) is 8.80. The maximum Gasteiger partial charge on any atom is 0.260 e. The predicted octanol–water partition coefficient (Wildman–Crippen LogP) is 8.23. The van der Waals surface area contributed by atoms with Crippen LogP contribution in [0.1, 0.15) is 48.5 Å². The number of carbonyl (C=O) groups is 1. The van der Waals surface area contributed by atoms with Crippen molar-refractivity contribution in [1.82, 2.24) is 10.3 Å². The van der Waals surface area contributed by atoms with E-state index in [2.05, 4.69) is 44.4 Å². The lowest BCUT2D eigenvalue weighted by Gasteiger charge is -2.42. The second-order valence-corrected chi connectivity index (χ2v) is 12.8. The Kier molecular flexibility index (Phi) is 6.10. The second kappa shape index (κ2) is 9.34. The van der Waals surface area contributed by atoms with E-state index in [1.165, 1.54) is 10.4 Å². The molecule has 2 N–H and O–H groups in total. The van der Waals surface area contributed by atoms with Gasteiger partial charge in [0.2, 0.25) is 0 Å². The van der Waals surface area contributed by atoms with Crippen LogP contribution in [0.3, 0.4) is 0 Å². The fourth-order valence-corrected chi connectivity index (χ4v) is 7.73. The molecule has 2 aromatic heterocycles. The summed E-state index contributed by atoms with van der Waals surface area (Å²) in [6, 6.07) is 25.1. The van der Waals surface area contributed by atoms with Crippen molar-refractivity contribution < 1.29 is 9.53 Å². The number of rotatable bonds is 5. The van der Waals surface area contributed by atoms with Gasteiger partial charge in [-0.3, -0.25) is 4.79 Å². The molecule has 1 aliphatic heterocycles. The molecule has 3 aromatic carbocycles. The lowest BCUT2D eigenvalue weighted by molar-refractivity contribution is 0.102. The number of hydrogen-bond acceptors (Lipinski definition) is 6. The molecular weight excluding hydrogens is 510 g/mol. The van der Waals surface area contributed by atoms with E-state index in [0.29, 0.717) is 17.1 Å². The molecule has 0 unspecified atom stereocenters. The molecule has 38 heavy (non-hydrogen) atoms. The number of amides is 1. The van der Waals surface area contributed by atoms with Crippen molar-refractivity contribution in [2.75, 3.05) is 5.32 Å². The first-order valence-corrected chi connectivity index (χ1v) is 14.3. The van der Waals surface area contributed by atoms with E-state index in [9.17, 15) is 4.79 Å². The van der Waals surface area contributed by atoms with Gasteiger partial charge in [0.15, 0.2) is 0 Å². The Bertz CT molecular complexity index is 1620. The van der Waals surface area contributed by atoms with Crippen molar-refractivity contribution in [3.05, 3.63) is 94.9 Å². The summed E-state index contributed by atoms with van der Waals surface area (Å²) in [5.74, 6) is 0.995. The summed E-state index contributed by atoms with van der Waals surface area (Å²) >= 11 is 3.31. The topological polar surface area (TPSA) is 63.2 Å². The first kappa shape index (κ1) is 24.8. The maximum atomic E-state index is 13.8. The van der Waals surface area contributed by atoms with Gasteiger partial charge in [-0.2, -0.15) is 0 Å². The van der Waals surface area contributed by atoms with Crippen LogP contribution in [-0.4, -0.2) is 16.4 Å². The van der Waals surface area contributed by atoms with Crippen LogP contribution in [-0.2, 0) is 12.0 Å². The Balaban J connectivity index is 1.44. The average Bonchev–Trinajstić information content (AvgIpc) is 3.45. The van der Waals surface area contributed by atoms with Crippen LogP contribution in [0.25, 0.3) is 20.8 Å². The number of para-hydroxylation sites is 3. The minimum Gasteiger partial charge on any atom is -0.457 e. The molecule has 0 radical (unpaired) electrons. The average molecular weight is 540 g/mol.